The molecule has 0 bridgehead atoms. The number of hydrogen-bond acceptors (Lipinski definition) is 8. The number of imidazole rings is 1. The Bertz CT molecular complexity index is 1220. The summed E-state index contributed by atoms with van der Waals surface area (Å²) in [5.41, 5.74) is 2.90. The number of piperidine rings is 1. The Morgan fingerprint density at radius 2 is 1.86 bits per heavy atom. The Balaban J connectivity index is 1.49. The summed E-state index contributed by atoms with van der Waals surface area (Å²) >= 11 is 1.46. The summed E-state index contributed by atoms with van der Waals surface area (Å²) < 4.78 is 6.97. The average molecular weight is 513 g/mol. The first-order valence-electron chi connectivity index (χ1n) is 12.5. The van der Waals surface area contributed by atoms with Crippen molar-refractivity contribution >= 4 is 39.1 Å². The van der Waals surface area contributed by atoms with Crippen LogP contribution in [0, 0.1) is 12.8 Å². The van der Waals surface area contributed by atoms with Crippen LogP contribution in [0.4, 0.5) is 10.9 Å². The predicted molar refractivity (Wildman–Crippen MR) is 144 cm³/mol. The highest BCUT2D eigenvalue weighted by atomic mass is 32.1. The zero-order valence-corrected chi connectivity index (χ0v) is 22.8. The summed E-state index contributed by atoms with van der Waals surface area (Å²) in [6.07, 6.45) is 1.28. The Labute approximate surface area is 216 Å². The van der Waals surface area contributed by atoms with Crippen LogP contribution in [0.15, 0.2) is 24.3 Å². The highest BCUT2D eigenvalue weighted by Crippen LogP contribution is 2.34. The van der Waals surface area contributed by atoms with Crippen LogP contribution in [0.1, 0.15) is 46.1 Å². The molecule has 1 aromatic carbocycles. The van der Waals surface area contributed by atoms with Crippen molar-refractivity contribution in [3.05, 3.63) is 29.8 Å². The van der Waals surface area contributed by atoms with Gasteiger partial charge >= 0.3 is 5.97 Å². The Hall–Kier alpha value is -3.14. The molecule has 2 aromatic heterocycles. The molecule has 0 aliphatic carbocycles. The molecule has 1 saturated heterocycles. The Kier molecular flexibility index (Phi) is 7.54. The van der Waals surface area contributed by atoms with Crippen molar-refractivity contribution in [3.63, 3.8) is 0 Å². The second-order valence-electron chi connectivity index (χ2n) is 10.4. The molecule has 1 aliphatic heterocycles. The van der Waals surface area contributed by atoms with Gasteiger partial charge in [0.1, 0.15) is 5.69 Å². The number of esters is 1. The predicted octanol–water partition coefficient (Wildman–Crippen LogP) is 4.21. The van der Waals surface area contributed by atoms with Crippen molar-refractivity contribution in [1.29, 1.82) is 0 Å². The van der Waals surface area contributed by atoms with Gasteiger partial charge in [-0.3, -0.25) is 9.59 Å². The molecule has 4 rings (SSSR count). The van der Waals surface area contributed by atoms with Gasteiger partial charge in [-0.15, -0.1) is 5.10 Å². The fraction of sp³-hybridized carbons (Fsp3) is 0.538. The van der Waals surface area contributed by atoms with Crippen LogP contribution in [-0.2, 0) is 14.3 Å². The summed E-state index contributed by atoms with van der Waals surface area (Å²) in [7, 11) is 1.87. The summed E-state index contributed by atoms with van der Waals surface area (Å²) in [5.74, 6) is 0.595. The molecule has 1 amide bonds. The molecular weight excluding hydrogens is 476 g/mol. The first-order valence-corrected chi connectivity index (χ1v) is 13.3. The summed E-state index contributed by atoms with van der Waals surface area (Å²) in [6, 6.07) is 8.31. The minimum atomic E-state index is -0.184. The van der Waals surface area contributed by atoms with Crippen molar-refractivity contribution in [2.45, 2.75) is 53.0 Å². The number of likely N-dealkylation sites (tertiary alicyclic amines) is 1. The molecule has 0 spiro atoms. The molecule has 36 heavy (non-hydrogen) atoms. The van der Waals surface area contributed by atoms with Crippen LogP contribution in [0.2, 0.25) is 0 Å². The number of anilines is 2. The number of aryl methyl sites for hydroxylation is 1. The molecule has 3 aromatic rings. The van der Waals surface area contributed by atoms with Gasteiger partial charge in [-0.1, -0.05) is 41.2 Å². The molecule has 1 aliphatic rings. The second-order valence-corrected chi connectivity index (χ2v) is 11.3. The van der Waals surface area contributed by atoms with Crippen LogP contribution in [0.5, 0.6) is 0 Å². The largest absolute Gasteiger partial charge is 0.466 e. The van der Waals surface area contributed by atoms with Crippen LogP contribution in [-0.4, -0.2) is 70.2 Å². The van der Waals surface area contributed by atoms with Gasteiger partial charge in [0.15, 0.2) is 5.82 Å². The molecule has 1 N–H and O–H groups in total. The molecule has 1 fully saturated rings. The quantitative estimate of drug-likeness (QED) is 0.474. The number of likely N-dealkylation sites (N-methyl/N-ethyl adjacent to an activating group) is 1. The number of benzene rings is 1. The van der Waals surface area contributed by atoms with Crippen molar-refractivity contribution in [1.82, 2.24) is 19.5 Å². The van der Waals surface area contributed by atoms with Gasteiger partial charge in [0.25, 0.3) is 0 Å². The number of amides is 1. The fourth-order valence-corrected chi connectivity index (χ4v) is 5.13. The van der Waals surface area contributed by atoms with Crippen molar-refractivity contribution < 1.29 is 14.3 Å². The number of rotatable bonds is 7. The van der Waals surface area contributed by atoms with E-state index in [9.17, 15) is 9.59 Å². The lowest BCUT2D eigenvalue weighted by molar-refractivity contribution is -0.151. The highest BCUT2D eigenvalue weighted by molar-refractivity contribution is 7.20. The minimum absolute atomic E-state index is 0.0287. The van der Waals surface area contributed by atoms with Crippen molar-refractivity contribution in [2.75, 3.05) is 43.5 Å². The molecule has 0 saturated carbocycles. The second kappa shape index (κ2) is 10.5. The molecule has 9 nitrogen and oxygen atoms in total. The van der Waals surface area contributed by atoms with E-state index in [1.54, 1.807) is 0 Å². The summed E-state index contributed by atoms with van der Waals surface area (Å²) in [5, 5.41) is 9.11. The maximum atomic E-state index is 13.0. The number of aromatic nitrogens is 3. The van der Waals surface area contributed by atoms with Gasteiger partial charge < -0.3 is 19.9 Å². The van der Waals surface area contributed by atoms with E-state index in [0.29, 0.717) is 32.5 Å². The van der Waals surface area contributed by atoms with Gasteiger partial charge in [-0.25, -0.2) is 4.98 Å². The molecule has 194 valence electrons. The number of ether oxygens (including phenoxy) is 1. The first kappa shape index (κ1) is 25.9. The Morgan fingerprint density at radius 3 is 2.47 bits per heavy atom. The molecule has 0 radical (unpaired) electrons. The lowest BCUT2D eigenvalue weighted by atomic mass is 9.97. The zero-order chi connectivity index (χ0) is 26.0. The maximum absolute atomic E-state index is 13.0. The van der Waals surface area contributed by atoms with Gasteiger partial charge in [0.05, 0.1) is 19.1 Å². The SMILES string of the molecule is CCOC(=O)C1CCN(C(=O)CN(C)c2nn3c(NC(C)(C)C)c(-c4ccc(C)cc4)nc3s2)CC1. The van der Waals surface area contributed by atoms with Crippen LogP contribution >= 0.6 is 11.3 Å². The van der Waals surface area contributed by atoms with E-state index < -0.39 is 0 Å². The van der Waals surface area contributed by atoms with Crippen LogP contribution in [0.25, 0.3) is 16.2 Å². The number of nitrogens with zero attached hydrogens (tertiary/aromatic N) is 5. The average Bonchev–Trinajstić information content (AvgIpc) is 3.38. The lowest BCUT2D eigenvalue weighted by Crippen LogP contribution is -2.44. The van der Waals surface area contributed by atoms with Gasteiger partial charge in [0, 0.05) is 31.2 Å². The minimum Gasteiger partial charge on any atom is -0.466 e. The van der Waals surface area contributed by atoms with E-state index in [2.05, 4.69) is 57.3 Å². The molecule has 0 unspecified atom stereocenters. The number of carbonyl (C=O) groups excluding carboxylic acids is 2. The lowest BCUT2D eigenvalue weighted by Gasteiger charge is -2.32. The standard InChI is InChI=1S/C26H36N6O3S/c1-7-35-23(34)19-12-14-31(15-13-19)20(33)16-30(6)25-29-32-22(28-26(3,4)5)21(27-24(32)36-25)18-10-8-17(2)9-11-18/h8-11,19,28H,7,12-16H2,1-6H3. The number of hydrogen-bond donors (Lipinski definition) is 1. The third-order valence-corrected chi connectivity index (χ3v) is 7.20. The van der Waals surface area contributed by atoms with Crippen LogP contribution in [0.3, 0.4) is 0 Å². The molecule has 0 atom stereocenters. The van der Waals surface area contributed by atoms with E-state index in [0.717, 1.165) is 27.2 Å². The molecule has 3 heterocycles. The van der Waals surface area contributed by atoms with E-state index in [1.165, 1.54) is 16.9 Å². The van der Waals surface area contributed by atoms with Gasteiger partial charge in [-0.05, 0) is 47.5 Å². The number of fused-ring (bicyclic) bond motifs is 1. The molecular formula is C26H36N6O3S. The number of carbonyl (C=O) groups is 2. The topological polar surface area (TPSA) is 92.1 Å². The maximum Gasteiger partial charge on any atom is 0.309 e. The number of nitrogens with one attached hydrogen (secondary N) is 1. The fourth-order valence-electron chi connectivity index (χ4n) is 4.27. The third kappa shape index (κ3) is 5.80. The van der Waals surface area contributed by atoms with Crippen LogP contribution < -0.4 is 10.2 Å². The van der Waals surface area contributed by atoms with E-state index in [1.807, 2.05) is 28.3 Å². The first-order chi connectivity index (χ1) is 17.1. The Morgan fingerprint density at radius 1 is 1.19 bits per heavy atom. The van der Waals surface area contributed by atoms with E-state index in [-0.39, 0.29) is 29.9 Å². The van der Waals surface area contributed by atoms with Crippen molar-refractivity contribution in [2.24, 2.45) is 5.92 Å². The van der Waals surface area contributed by atoms with E-state index in [4.69, 9.17) is 14.8 Å². The van der Waals surface area contributed by atoms with Gasteiger partial charge in [-0.2, -0.15) is 4.52 Å². The monoisotopic (exact) mass is 512 g/mol. The van der Waals surface area contributed by atoms with E-state index >= 15 is 0 Å². The molecule has 10 heteroatoms. The van der Waals surface area contributed by atoms with Crippen molar-refractivity contribution in [3.8, 4) is 11.3 Å². The normalized spacial score (nSPS) is 14.8. The van der Waals surface area contributed by atoms with Gasteiger partial charge in [0.2, 0.25) is 16.0 Å². The summed E-state index contributed by atoms with van der Waals surface area (Å²) in [6.45, 7) is 11.9. The zero-order valence-electron chi connectivity index (χ0n) is 22.0. The summed E-state index contributed by atoms with van der Waals surface area (Å²) in [4.78, 5) is 34.3. The smallest absolute Gasteiger partial charge is 0.309 e. The third-order valence-electron chi connectivity index (χ3n) is 6.18. The highest BCUT2D eigenvalue weighted by Gasteiger charge is 2.29.